The van der Waals surface area contributed by atoms with Crippen LogP contribution in [0.5, 0.6) is 0 Å². The van der Waals surface area contributed by atoms with Crippen LogP contribution in [0.1, 0.15) is 16.7 Å². The molecule has 1 fully saturated rings. The number of morpholine rings is 1. The van der Waals surface area contributed by atoms with Crippen molar-refractivity contribution in [3.8, 4) is 6.07 Å². The minimum absolute atomic E-state index is 0.0718. The Balaban J connectivity index is 2.03. The molecule has 1 heterocycles. The summed E-state index contributed by atoms with van der Waals surface area (Å²) in [6.45, 7) is 5.26. The maximum absolute atomic E-state index is 9.11. The molecule has 0 radical (unpaired) electrons. The van der Waals surface area contributed by atoms with Crippen LogP contribution in [-0.4, -0.2) is 42.4 Å². The molecule has 1 aromatic rings. The number of rotatable bonds is 3. The highest BCUT2D eigenvalue weighted by atomic mass is 16.5. The number of aliphatic hydroxyl groups excluding tert-OH is 1. The third-order valence-electron chi connectivity index (χ3n) is 3.29. The number of hydrogen-bond acceptors (Lipinski definition) is 4. The van der Waals surface area contributed by atoms with Crippen LogP contribution >= 0.6 is 0 Å². The lowest BCUT2D eigenvalue weighted by molar-refractivity contribution is -0.0551. The summed E-state index contributed by atoms with van der Waals surface area (Å²) < 4.78 is 5.43. The standard InChI is InChI=1S/C14H18N2O2/c1-11-6-12(7-15)2-3-13(11)8-16-4-5-18-14(9-16)10-17/h2-3,6,14,17H,4-5,8-10H2,1H3. The van der Waals surface area contributed by atoms with Crippen LogP contribution in [0.3, 0.4) is 0 Å². The van der Waals surface area contributed by atoms with Crippen molar-refractivity contribution in [2.45, 2.75) is 19.6 Å². The summed E-state index contributed by atoms with van der Waals surface area (Å²) in [4.78, 5) is 2.28. The smallest absolute Gasteiger partial charge is 0.0991 e. The van der Waals surface area contributed by atoms with Crippen molar-refractivity contribution in [1.29, 1.82) is 5.26 Å². The molecule has 0 bridgehead atoms. The molecule has 2 rings (SSSR count). The summed E-state index contributed by atoms with van der Waals surface area (Å²) in [7, 11) is 0. The van der Waals surface area contributed by atoms with E-state index >= 15 is 0 Å². The Morgan fingerprint density at radius 1 is 1.56 bits per heavy atom. The Morgan fingerprint density at radius 2 is 2.39 bits per heavy atom. The Bertz CT molecular complexity index is 454. The van der Waals surface area contributed by atoms with Crippen LogP contribution in [0.2, 0.25) is 0 Å². The average molecular weight is 246 g/mol. The van der Waals surface area contributed by atoms with Crippen LogP contribution in [0.25, 0.3) is 0 Å². The summed E-state index contributed by atoms with van der Waals surface area (Å²) in [5.41, 5.74) is 3.07. The Morgan fingerprint density at radius 3 is 3.06 bits per heavy atom. The van der Waals surface area contributed by atoms with Gasteiger partial charge in [0, 0.05) is 19.6 Å². The first-order chi connectivity index (χ1) is 8.72. The van der Waals surface area contributed by atoms with E-state index in [0.717, 1.165) is 25.2 Å². The SMILES string of the molecule is Cc1cc(C#N)ccc1CN1CCOC(CO)C1. The first-order valence-corrected chi connectivity index (χ1v) is 6.17. The fourth-order valence-electron chi connectivity index (χ4n) is 2.22. The Hall–Kier alpha value is -1.41. The van der Waals surface area contributed by atoms with Gasteiger partial charge in [-0.1, -0.05) is 6.07 Å². The van der Waals surface area contributed by atoms with Gasteiger partial charge in [0.25, 0.3) is 0 Å². The zero-order chi connectivity index (χ0) is 13.0. The molecule has 0 amide bonds. The van der Waals surface area contributed by atoms with Crippen LogP contribution in [0.15, 0.2) is 18.2 Å². The predicted molar refractivity (Wildman–Crippen MR) is 68.0 cm³/mol. The monoisotopic (exact) mass is 246 g/mol. The zero-order valence-corrected chi connectivity index (χ0v) is 10.6. The number of ether oxygens (including phenoxy) is 1. The van der Waals surface area contributed by atoms with Crippen LogP contribution in [-0.2, 0) is 11.3 Å². The fraction of sp³-hybridized carbons (Fsp3) is 0.500. The Kier molecular flexibility index (Phi) is 4.32. The van der Waals surface area contributed by atoms with Gasteiger partial charge in [-0.2, -0.15) is 5.26 Å². The normalized spacial score (nSPS) is 20.6. The molecule has 0 saturated carbocycles. The molecule has 96 valence electrons. The first-order valence-electron chi connectivity index (χ1n) is 6.17. The topological polar surface area (TPSA) is 56.5 Å². The summed E-state index contributed by atoms with van der Waals surface area (Å²) >= 11 is 0. The molecule has 1 unspecified atom stereocenters. The maximum atomic E-state index is 9.11. The van der Waals surface area contributed by atoms with Crippen LogP contribution in [0.4, 0.5) is 0 Å². The van der Waals surface area contributed by atoms with Gasteiger partial charge in [0.2, 0.25) is 0 Å². The third kappa shape index (κ3) is 3.08. The van der Waals surface area contributed by atoms with Gasteiger partial charge in [0.15, 0.2) is 0 Å². The molecule has 1 aromatic carbocycles. The van der Waals surface area contributed by atoms with Gasteiger partial charge in [-0.15, -0.1) is 0 Å². The molecular weight excluding hydrogens is 228 g/mol. The van der Waals surface area contributed by atoms with E-state index in [0.29, 0.717) is 12.2 Å². The maximum Gasteiger partial charge on any atom is 0.0991 e. The second kappa shape index (κ2) is 5.96. The lowest BCUT2D eigenvalue weighted by Gasteiger charge is -2.32. The van der Waals surface area contributed by atoms with E-state index in [4.69, 9.17) is 15.1 Å². The van der Waals surface area contributed by atoms with Crippen molar-refractivity contribution in [2.75, 3.05) is 26.3 Å². The predicted octanol–water partition coefficient (Wildman–Crippen LogP) is 1.06. The molecule has 1 saturated heterocycles. The summed E-state index contributed by atoms with van der Waals surface area (Å²) in [6.07, 6.45) is -0.0718. The van der Waals surface area contributed by atoms with Crippen molar-refractivity contribution in [3.05, 3.63) is 34.9 Å². The molecule has 0 spiro atoms. The minimum atomic E-state index is -0.0718. The van der Waals surface area contributed by atoms with Gasteiger partial charge in [-0.25, -0.2) is 0 Å². The molecule has 0 aromatic heterocycles. The molecule has 4 nitrogen and oxygen atoms in total. The van der Waals surface area contributed by atoms with Crippen molar-refractivity contribution < 1.29 is 9.84 Å². The van der Waals surface area contributed by atoms with Gasteiger partial charge in [-0.05, 0) is 30.2 Å². The van der Waals surface area contributed by atoms with E-state index in [1.807, 2.05) is 25.1 Å². The number of hydrogen-bond donors (Lipinski definition) is 1. The first kappa shape index (κ1) is 13.0. The van der Waals surface area contributed by atoms with E-state index in [1.54, 1.807) is 0 Å². The van der Waals surface area contributed by atoms with Gasteiger partial charge in [0.1, 0.15) is 0 Å². The summed E-state index contributed by atoms with van der Waals surface area (Å²) in [5.74, 6) is 0. The number of aliphatic hydroxyl groups is 1. The third-order valence-corrected chi connectivity index (χ3v) is 3.29. The van der Waals surface area contributed by atoms with Gasteiger partial charge < -0.3 is 9.84 Å². The highest BCUT2D eigenvalue weighted by Gasteiger charge is 2.19. The number of aryl methyl sites for hydroxylation is 1. The van der Waals surface area contributed by atoms with E-state index in [2.05, 4.69) is 11.0 Å². The lowest BCUT2D eigenvalue weighted by Crippen LogP contribution is -2.43. The number of benzene rings is 1. The summed E-state index contributed by atoms with van der Waals surface area (Å²) in [6, 6.07) is 7.93. The number of nitrogens with zero attached hydrogens (tertiary/aromatic N) is 2. The van der Waals surface area contributed by atoms with E-state index in [-0.39, 0.29) is 12.7 Å². The molecule has 18 heavy (non-hydrogen) atoms. The van der Waals surface area contributed by atoms with E-state index < -0.39 is 0 Å². The fourth-order valence-corrected chi connectivity index (χ4v) is 2.22. The van der Waals surface area contributed by atoms with Crippen LogP contribution in [0, 0.1) is 18.3 Å². The van der Waals surface area contributed by atoms with Gasteiger partial charge in [-0.3, -0.25) is 4.90 Å². The molecule has 4 heteroatoms. The zero-order valence-electron chi connectivity index (χ0n) is 10.6. The van der Waals surface area contributed by atoms with Crippen molar-refractivity contribution in [2.24, 2.45) is 0 Å². The molecular formula is C14H18N2O2. The summed E-state index contributed by atoms with van der Waals surface area (Å²) in [5, 5.41) is 17.9. The second-order valence-electron chi connectivity index (χ2n) is 4.66. The van der Waals surface area contributed by atoms with Gasteiger partial charge >= 0.3 is 0 Å². The quantitative estimate of drug-likeness (QED) is 0.866. The van der Waals surface area contributed by atoms with Crippen molar-refractivity contribution in [3.63, 3.8) is 0 Å². The highest BCUT2D eigenvalue weighted by molar-refractivity contribution is 5.37. The highest BCUT2D eigenvalue weighted by Crippen LogP contribution is 2.15. The average Bonchev–Trinajstić information content (AvgIpc) is 2.41. The molecule has 0 aliphatic carbocycles. The van der Waals surface area contributed by atoms with Crippen molar-refractivity contribution >= 4 is 0 Å². The molecule has 1 atom stereocenters. The van der Waals surface area contributed by atoms with E-state index in [9.17, 15) is 0 Å². The van der Waals surface area contributed by atoms with Gasteiger partial charge in [0.05, 0.1) is 31.0 Å². The van der Waals surface area contributed by atoms with Crippen LogP contribution < -0.4 is 0 Å². The van der Waals surface area contributed by atoms with Crippen molar-refractivity contribution in [1.82, 2.24) is 4.90 Å². The second-order valence-corrected chi connectivity index (χ2v) is 4.66. The molecule has 1 aliphatic heterocycles. The minimum Gasteiger partial charge on any atom is -0.394 e. The Labute approximate surface area is 107 Å². The largest absolute Gasteiger partial charge is 0.394 e. The molecule has 1 N–H and O–H groups in total. The lowest BCUT2D eigenvalue weighted by atomic mass is 10.0. The molecule has 1 aliphatic rings. The number of nitriles is 1. The van der Waals surface area contributed by atoms with E-state index in [1.165, 1.54) is 5.56 Å².